The van der Waals surface area contributed by atoms with Crippen LogP contribution in [0.5, 0.6) is 11.5 Å². The molecule has 62 heavy (non-hydrogen) atoms. The average Bonchev–Trinajstić information content (AvgIpc) is 3.65. The lowest BCUT2D eigenvalue weighted by molar-refractivity contribution is 0.436. The third-order valence-corrected chi connectivity index (χ3v) is 12.6. The van der Waals surface area contributed by atoms with Crippen LogP contribution in [0.3, 0.4) is 0 Å². The number of fused-ring (bicyclic) bond motifs is 9. The van der Waals surface area contributed by atoms with E-state index in [4.69, 9.17) is 14.7 Å². The van der Waals surface area contributed by atoms with Gasteiger partial charge in [-0.2, -0.15) is 0 Å². The van der Waals surface area contributed by atoms with Gasteiger partial charge in [0.15, 0.2) is 5.82 Å². The van der Waals surface area contributed by atoms with Gasteiger partial charge < -0.3 is 4.74 Å². The maximum Gasteiger partial charge on any atom is 0.161 e. The summed E-state index contributed by atoms with van der Waals surface area (Å²) < 4.78 is 6.79. The first kappa shape index (κ1) is 35.8. The van der Waals surface area contributed by atoms with Gasteiger partial charge in [-0.05, 0) is 92.0 Å². The van der Waals surface area contributed by atoms with E-state index in [1.54, 1.807) is 0 Å². The topological polar surface area (TPSA) is 35.0 Å². The number of para-hydroxylation sites is 1. The maximum absolute atomic E-state index is 6.79. The van der Waals surface area contributed by atoms with Crippen molar-refractivity contribution >= 4 is 0 Å². The molecule has 0 bridgehead atoms. The lowest BCUT2D eigenvalue weighted by atomic mass is 9.65. The number of hydrogen-bond acceptors (Lipinski definition) is 3. The first-order valence-corrected chi connectivity index (χ1v) is 21.1. The minimum Gasteiger partial charge on any atom is -0.457 e. The molecule has 1 aliphatic carbocycles. The quantitative estimate of drug-likeness (QED) is 0.168. The Hall–Kier alpha value is -8.14. The van der Waals surface area contributed by atoms with Crippen molar-refractivity contribution in [1.82, 2.24) is 9.97 Å². The second kappa shape index (κ2) is 14.5. The summed E-state index contributed by atoms with van der Waals surface area (Å²) in [6, 6.07) is 81.9. The van der Waals surface area contributed by atoms with E-state index in [1.807, 2.05) is 0 Å². The Morgan fingerprint density at radius 1 is 0.274 bits per heavy atom. The van der Waals surface area contributed by atoms with E-state index in [2.05, 4.69) is 231 Å². The summed E-state index contributed by atoms with van der Waals surface area (Å²) in [6.07, 6.45) is 0. The largest absolute Gasteiger partial charge is 0.457 e. The zero-order valence-corrected chi connectivity index (χ0v) is 33.7. The van der Waals surface area contributed by atoms with Crippen molar-refractivity contribution in [3.05, 3.63) is 253 Å². The van der Waals surface area contributed by atoms with Crippen molar-refractivity contribution in [2.24, 2.45) is 0 Å². The summed E-state index contributed by atoms with van der Waals surface area (Å²) in [5.41, 5.74) is 18.1. The summed E-state index contributed by atoms with van der Waals surface area (Å²) in [5, 5.41) is 0. The molecule has 1 spiro atoms. The Morgan fingerprint density at radius 3 is 1.32 bits per heavy atom. The van der Waals surface area contributed by atoms with E-state index < -0.39 is 5.41 Å². The number of benzene rings is 9. The molecule has 0 amide bonds. The Labute approximate surface area is 361 Å². The van der Waals surface area contributed by atoms with Gasteiger partial charge in [-0.15, -0.1) is 0 Å². The smallest absolute Gasteiger partial charge is 0.161 e. The van der Waals surface area contributed by atoms with Gasteiger partial charge in [0.25, 0.3) is 0 Å². The van der Waals surface area contributed by atoms with Gasteiger partial charge >= 0.3 is 0 Å². The van der Waals surface area contributed by atoms with E-state index >= 15 is 0 Å². The Morgan fingerprint density at radius 2 is 0.726 bits per heavy atom. The summed E-state index contributed by atoms with van der Waals surface area (Å²) >= 11 is 0. The van der Waals surface area contributed by atoms with Crippen molar-refractivity contribution in [3.8, 4) is 89.9 Å². The fraction of sp³-hybridized carbons (Fsp3) is 0.0169. The third kappa shape index (κ3) is 5.74. The highest BCUT2D eigenvalue weighted by atomic mass is 16.5. The number of rotatable bonds is 6. The maximum atomic E-state index is 6.79. The molecule has 3 heteroatoms. The number of aromatic nitrogens is 2. The van der Waals surface area contributed by atoms with E-state index in [9.17, 15) is 0 Å². The number of ether oxygens (including phenoxy) is 1. The summed E-state index contributed by atoms with van der Waals surface area (Å²) in [4.78, 5) is 10.8. The molecule has 0 saturated heterocycles. The highest BCUT2D eigenvalue weighted by molar-refractivity contribution is 5.90. The van der Waals surface area contributed by atoms with Gasteiger partial charge in [0.2, 0.25) is 0 Å². The molecule has 1 aromatic heterocycles. The van der Waals surface area contributed by atoms with Crippen LogP contribution in [0.4, 0.5) is 0 Å². The molecule has 3 nitrogen and oxygen atoms in total. The van der Waals surface area contributed by atoms with Crippen molar-refractivity contribution in [3.63, 3.8) is 0 Å². The first-order chi connectivity index (χ1) is 30.7. The normalized spacial score (nSPS) is 12.8. The molecule has 10 aromatic rings. The standard InChI is InChI=1S/C59H38N2O/c1-3-17-39(18-4-1)41-21-15-23-44(35-41)54-38-55(45-24-16-22-42(36-45)40-19-5-2-6-20-40)61-58(60-54)49-28-8-7-25-46(49)43-33-34-57-53(37-43)59(52-31-13-14-32-56(52)62-57)50-29-11-9-26-47(50)48-27-10-12-30-51(48)59/h1-38H. The highest BCUT2D eigenvalue weighted by Crippen LogP contribution is 2.62. The van der Waals surface area contributed by atoms with E-state index in [-0.39, 0.29) is 0 Å². The van der Waals surface area contributed by atoms with Gasteiger partial charge in [0.1, 0.15) is 11.5 Å². The van der Waals surface area contributed by atoms with Crippen LogP contribution in [0.1, 0.15) is 22.3 Å². The number of nitrogens with zero attached hydrogens (tertiary/aromatic N) is 2. The molecular formula is C59H38N2O. The lowest BCUT2D eigenvalue weighted by Crippen LogP contribution is -2.32. The molecule has 0 atom stereocenters. The van der Waals surface area contributed by atoms with Crippen LogP contribution in [-0.4, -0.2) is 9.97 Å². The molecular weight excluding hydrogens is 753 g/mol. The Balaban J connectivity index is 1.06. The predicted octanol–water partition coefficient (Wildman–Crippen LogP) is 14.9. The lowest BCUT2D eigenvalue weighted by Gasteiger charge is -2.39. The molecule has 12 rings (SSSR count). The molecule has 0 N–H and O–H groups in total. The number of hydrogen-bond donors (Lipinski definition) is 0. The van der Waals surface area contributed by atoms with E-state index in [0.29, 0.717) is 5.82 Å². The monoisotopic (exact) mass is 790 g/mol. The second-order valence-corrected chi connectivity index (χ2v) is 16.1. The van der Waals surface area contributed by atoms with Gasteiger partial charge in [-0.3, -0.25) is 0 Å². The minimum atomic E-state index is -0.570. The predicted molar refractivity (Wildman–Crippen MR) is 252 cm³/mol. The van der Waals surface area contributed by atoms with Crippen LogP contribution >= 0.6 is 0 Å². The molecule has 2 heterocycles. The van der Waals surface area contributed by atoms with Gasteiger partial charge in [-0.1, -0.05) is 194 Å². The average molecular weight is 791 g/mol. The summed E-state index contributed by atoms with van der Waals surface area (Å²) in [6.45, 7) is 0. The zero-order chi connectivity index (χ0) is 41.0. The minimum absolute atomic E-state index is 0.570. The van der Waals surface area contributed by atoms with Crippen LogP contribution in [0.15, 0.2) is 231 Å². The van der Waals surface area contributed by atoms with E-state index in [0.717, 1.165) is 84.1 Å². The first-order valence-electron chi connectivity index (χ1n) is 21.1. The van der Waals surface area contributed by atoms with E-state index in [1.165, 1.54) is 22.3 Å². The van der Waals surface area contributed by atoms with Gasteiger partial charge in [0, 0.05) is 27.8 Å². The van der Waals surface area contributed by atoms with Crippen LogP contribution < -0.4 is 4.74 Å². The van der Waals surface area contributed by atoms with Crippen LogP contribution in [0.2, 0.25) is 0 Å². The SMILES string of the molecule is c1ccc(-c2cccc(-c3cc(-c4cccc(-c5ccccc5)c4)nc(-c4ccccc4-c4ccc5c(c4)C4(c6ccccc6O5)c5ccccc5-c5ccccc54)n3)c2)cc1. The van der Waals surface area contributed by atoms with Crippen LogP contribution in [0.25, 0.3) is 78.4 Å². The Bertz CT molecular complexity index is 3190. The van der Waals surface area contributed by atoms with Crippen LogP contribution in [0, 0.1) is 0 Å². The molecule has 0 saturated carbocycles. The molecule has 1 aliphatic heterocycles. The van der Waals surface area contributed by atoms with Gasteiger partial charge in [-0.25, -0.2) is 9.97 Å². The summed E-state index contributed by atoms with van der Waals surface area (Å²) in [7, 11) is 0. The van der Waals surface area contributed by atoms with Crippen molar-refractivity contribution in [2.45, 2.75) is 5.41 Å². The van der Waals surface area contributed by atoms with Crippen molar-refractivity contribution < 1.29 is 4.74 Å². The van der Waals surface area contributed by atoms with Crippen molar-refractivity contribution in [2.75, 3.05) is 0 Å². The van der Waals surface area contributed by atoms with Crippen molar-refractivity contribution in [1.29, 1.82) is 0 Å². The second-order valence-electron chi connectivity index (χ2n) is 16.1. The molecule has 290 valence electrons. The fourth-order valence-corrected chi connectivity index (χ4v) is 9.79. The molecule has 9 aromatic carbocycles. The Kier molecular flexibility index (Phi) is 8.39. The highest BCUT2D eigenvalue weighted by Gasteiger charge is 2.51. The zero-order valence-electron chi connectivity index (χ0n) is 33.7. The molecule has 0 fully saturated rings. The fourth-order valence-electron chi connectivity index (χ4n) is 9.79. The van der Waals surface area contributed by atoms with Crippen LogP contribution in [-0.2, 0) is 5.41 Å². The third-order valence-electron chi connectivity index (χ3n) is 12.6. The molecule has 0 radical (unpaired) electrons. The summed E-state index contributed by atoms with van der Waals surface area (Å²) in [5.74, 6) is 2.40. The molecule has 2 aliphatic rings. The van der Waals surface area contributed by atoms with Gasteiger partial charge in [0.05, 0.1) is 16.8 Å². The molecule has 0 unspecified atom stereocenters.